The first-order valence-corrected chi connectivity index (χ1v) is 10.8. The van der Waals surface area contributed by atoms with E-state index in [0.717, 1.165) is 49.4 Å². The summed E-state index contributed by atoms with van der Waals surface area (Å²) in [6.45, 7) is 4.08. The third-order valence-corrected chi connectivity index (χ3v) is 6.60. The molecule has 0 spiro atoms. The lowest BCUT2D eigenvalue weighted by Crippen LogP contribution is -1.99. The average Bonchev–Trinajstić information content (AvgIpc) is 2.82. The Bertz CT molecular complexity index is 1670. The normalized spacial score (nSPS) is 11.5. The van der Waals surface area contributed by atoms with Crippen molar-refractivity contribution in [2.75, 3.05) is 0 Å². The molecule has 0 saturated carbocycles. The predicted octanol–water partition coefficient (Wildman–Crippen LogP) is 6.90. The van der Waals surface area contributed by atoms with Gasteiger partial charge in [-0.1, -0.05) is 61.2 Å². The van der Waals surface area contributed by atoms with Crippen LogP contribution in [0.15, 0.2) is 91.5 Å². The molecule has 2 aromatic heterocycles. The molecule has 4 aromatic carbocycles. The lowest BCUT2D eigenvalue weighted by molar-refractivity contribution is 1.49. The Labute approximate surface area is 182 Å². The molecule has 2 nitrogen and oxygen atoms in total. The first-order valence-electron chi connectivity index (χ1n) is 10.3. The summed E-state index contributed by atoms with van der Waals surface area (Å²) in [6.07, 6.45) is 1.94. The molecule has 1 unspecified atom stereocenters. The Morgan fingerprint density at radius 3 is 1.77 bits per heavy atom. The van der Waals surface area contributed by atoms with E-state index in [4.69, 9.17) is 9.97 Å². The van der Waals surface area contributed by atoms with E-state index in [2.05, 4.69) is 82.5 Å². The van der Waals surface area contributed by atoms with E-state index in [1.807, 2.05) is 24.3 Å². The number of aromatic nitrogens is 2. The van der Waals surface area contributed by atoms with Gasteiger partial charge in [-0.3, -0.25) is 0 Å². The van der Waals surface area contributed by atoms with E-state index in [-0.39, 0.29) is 0 Å². The summed E-state index contributed by atoms with van der Waals surface area (Å²) in [7, 11) is 2.91. The minimum Gasteiger partial charge on any atom is -0.248 e. The Kier molecular flexibility index (Phi) is 4.09. The van der Waals surface area contributed by atoms with Crippen LogP contribution in [-0.4, -0.2) is 9.97 Å². The van der Waals surface area contributed by atoms with Gasteiger partial charge in [-0.15, -0.1) is 9.24 Å². The molecule has 0 fully saturated rings. The molecule has 146 valence electrons. The molecule has 6 rings (SSSR count). The summed E-state index contributed by atoms with van der Waals surface area (Å²) in [5, 5.41) is 5.75. The third-order valence-electron chi connectivity index (χ3n) is 5.98. The van der Waals surface area contributed by atoms with Crippen LogP contribution < -0.4 is 5.30 Å². The van der Waals surface area contributed by atoms with E-state index in [1.165, 1.54) is 16.3 Å². The molecular formula is C28H19N2P. The monoisotopic (exact) mass is 414 g/mol. The highest BCUT2D eigenvalue weighted by atomic mass is 31.0. The summed E-state index contributed by atoms with van der Waals surface area (Å²) < 4.78 is 0. The molecule has 2 heterocycles. The Hall–Kier alpha value is -3.61. The Balaban J connectivity index is 1.60. The van der Waals surface area contributed by atoms with E-state index < -0.39 is 0 Å². The smallest absolute Gasteiger partial charge is 0.0716 e. The number of hydrogen-bond acceptors (Lipinski definition) is 2. The van der Waals surface area contributed by atoms with Crippen molar-refractivity contribution < 1.29 is 0 Å². The number of benzene rings is 4. The largest absolute Gasteiger partial charge is 0.248 e. The van der Waals surface area contributed by atoms with Gasteiger partial charge in [0.15, 0.2) is 0 Å². The maximum atomic E-state index is 4.86. The van der Waals surface area contributed by atoms with E-state index in [9.17, 15) is 0 Å². The van der Waals surface area contributed by atoms with Crippen LogP contribution >= 0.6 is 9.24 Å². The molecule has 0 aliphatic heterocycles. The second-order valence-corrected chi connectivity index (χ2v) is 8.33. The molecule has 0 amide bonds. The number of fused-ring (bicyclic) bond motifs is 4. The van der Waals surface area contributed by atoms with E-state index >= 15 is 0 Å². The zero-order valence-corrected chi connectivity index (χ0v) is 18.0. The topological polar surface area (TPSA) is 25.8 Å². The second kappa shape index (κ2) is 6.97. The van der Waals surface area contributed by atoms with Crippen LogP contribution in [-0.2, 0) is 0 Å². The van der Waals surface area contributed by atoms with Gasteiger partial charge in [0.05, 0.1) is 22.1 Å². The molecule has 3 heteroatoms. The van der Waals surface area contributed by atoms with Crippen LogP contribution in [0.5, 0.6) is 0 Å². The fraction of sp³-hybridized carbons (Fsp3) is 0. The number of nitrogens with zero attached hydrogens (tertiary/aromatic N) is 2. The summed E-state index contributed by atoms with van der Waals surface area (Å²) >= 11 is 0. The summed E-state index contributed by atoms with van der Waals surface area (Å²) in [4.78, 5) is 9.71. The maximum Gasteiger partial charge on any atom is 0.0716 e. The molecule has 0 N–H and O–H groups in total. The van der Waals surface area contributed by atoms with Crippen LogP contribution in [0, 0.1) is 0 Å². The van der Waals surface area contributed by atoms with Gasteiger partial charge in [-0.25, -0.2) is 9.97 Å². The van der Waals surface area contributed by atoms with Gasteiger partial charge in [0.2, 0.25) is 0 Å². The van der Waals surface area contributed by atoms with Crippen molar-refractivity contribution in [2.24, 2.45) is 0 Å². The molecule has 31 heavy (non-hydrogen) atoms. The van der Waals surface area contributed by atoms with Crippen molar-refractivity contribution in [3.63, 3.8) is 0 Å². The van der Waals surface area contributed by atoms with Crippen LogP contribution in [0.4, 0.5) is 0 Å². The highest BCUT2D eigenvalue weighted by molar-refractivity contribution is 7.29. The maximum absolute atomic E-state index is 4.86. The van der Waals surface area contributed by atoms with Crippen molar-refractivity contribution >= 4 is 64.2 Å². The fourth-order valence-corrected chi connectivity index (χ4v) is 4.90. The molecular weight excluding hydrogens is 395 g/mol. The van der Waals surface area contributed by atoms with E-state index in [0.29, 0.717) is 0 Å². The zero-order chi connectivity index (χ0) is 20.9. The SMILES string of the molecule is C=Cc1c2ccccc2nc2ccc(-c3ccc4nc5ccccc5c(P)c4c3)cc12. The third kappa shape index (κ3) is 2.84. The Morgan fingerprint density at radius 2 is 1.10 bits per heavy atom. The van der Waals surface area contributed by atoms with Crippen LogP contribution in [0.2, 0.25) is 0 Å². The molecule has 1 atom stereocenters. The zero-order valence-electron chi connectivity index (χ0n) is 16.8. The number of rotatable bonds is 2. The number of para-hydroxylation sites is 2. The van der Waals surface area contributed by atoms with Crippen molar-refractivity contribution in [3.05, 3.63) is 97.1 Å². The molecule has 6 aromatic rings. The van der Waals surface area contributed by atoms with E-state index in [1.54, 1.807) is 0 Å². The van der Waals surface area contributed by atoms with Gasteiger partial charge in [-0.2, -0.15) is 0 Å². The second-order valence-electron chi connectivity index (χ2n) is 7.75. The summed E-state index contributed by atoms with van der Waals surface area (Å²) in [6, 6.07) is 29.5. The molecule has 0 saturated heterocycles. The number of hydrogen-bond donors (Lipinski definition) is 0. The van der Waals surface area contributed by atoms with Crippen LogP contribution in [0.25, 0.3) is 60.8 Å². The van der Waals surface area contributed by atoms with Gasteiger partial charge >= 0.3 is 0 Å². The first kappa shape index (κ1) is 18.2. The molecule has 0 aliphatic rings. The van der Waals surface area contributed by atoms with Gasteiger partial charge in [-0.05, 0) is 58.4 Å². The van der Waals surface area contributed by atoms with Crippen molar-refractivity contribution in [3.8, 4) is 11.1 Å². The fourth-order valence-electron chi connectivity index (χ4n) is 4.43. The molecule has 0 aliphatic carbocycles. The standard InChI is InChI=1S/C28H19N2P/c1-2-19-20-7-3-5-9-24(20)29-26-13-11-17(15-22(19)26)18-12-14-27-23(16-18)28(31)21-8-4-6-10-25(21)30-27/h2-16H,1,31H2. The quantitative estimate of drug-likeness (QED) is 0.227. The highest BCUT2D eigenvalue weighted by Crippen LogP contribution is 2.32. The summed E-state index contributed by atoms with van der Waals surface area (Å²) in [5.41, 5.74) is 7.46. The summed E-state index contributed by atoms with van der Waals surface area (Å²) in [5.74, 6) is 0. The van der Waals surface area contributed by atoms with Crippen LogP contribution in [0.3, 0.4) is 0 Å². The lowest BCUT2D eigenvalue weighted by atomic mass is 9.97. The minimum absolute atomic E-state index is 0.984. The molecule has 0 radical (unpaired) electrons. The van der Waals surface area contributed by atoms with Gasteiger partial charge in [0, 0.05) is 21.5 Å². The highest BCUT2D eigenvalue weighted by Gasteiger charge is 2.10. The first-order chi connectivity index (χ1) is 15.2. The van der Waals surface area contributed by atoms with Crippen LogP contribution in [0.1, 0.15) is 5.56 Å². The van der Waals surface area contributed by atoms with Crippen molar-refractivity contribution in [1.29, 1.82) is 0 Å². The molecule has 0 bridgehead atoms. The average molecular weight is 414 g/mol. The Morgan fingerprint density at radius 1 is 0.581 bits per heavy atom. The lowest BCUT2D eigenvalue weighted by Gasteiger charge is -2.11. The number of pyridine rings is 2. The van der Waals surface area contributed by atoms with Gasteiger partial charge in [0.1, 0.15) is 0 Å². The van der Waals surface area contributed by atoms with Gasteiger partial charge in [0.25, 0.3) is 0 Å². The predicted molar refractivity (Wildman–Crippen MR) is 137 cm³/mol. The minimum atomic E-state index is 0.984. The van der Waals surface area contributed by atoms with Crippen molar-refractivity contribution in [2.45, 2.75) is 0 Å². The van der Waals surface area contributed by atoms with Gasteiger partial charge < -0.3 is 0 Å². The van der Waals surface area contributed by atoms with Crippen molar-refractivity contribution in [1.82, 2.24) is 9.97 Å².